The smallest absolute Gasteiger partial charge is 0.340 e. The Kier molecular flexibility index (Phi) is 2.72. The maximum absolute atomic E-state index is 10.7. The van der Waals surface area contributed by atoms with Crippen molar-refractivity contribution in [2.45, 2.75) is 12.5 Å². The molecule has 0 amide bonds. The zero-order chi connectivity index (χ0) is 10.8. The minimum atomic E-state index is -1.92. The van der Waals surface area contributed by atoms with Gasteiger partial charge in [-0.2, -0.15) is 0 Å². The summed E-state index contributed by atoms with van der Waals surface area (Å²) >= 11 is 0. The minimum absolute atomic E-state index is 0.186. The molecule has 0 aromatic heterocycles. The summed E-state index contributed by atoms with van der Waals surface area (Å²) in [5.41, 5.74) is -1.10. The first-order chi connectivity index (χ1) is 6.46. The van der Waals surface area contributed by atoms with Crippen LogP contribution in [0.3, 0.4) is 0 Å². The summed E-state index contributed by atoms with van der Waals surface area (Å²) in [7, 11) is 0. The molecule has 0 radical (unpaired) electrons. The highest BCUT2D eigenvalue weighted by Crippen LogP contribution is 2.25. The molecule has 3 nitrogen and oxygen atoms in total. The molecule has 0 aliphatic heterocycles. The molecule has 0 fully saturated rings. The van der Waals surface area contributed by atoms with E-state index in [9.17, 15) is 9.90 Å². The van der Waals surface area contributed by atoms with Gasteiger partial charge in [0.2, 0.25) is 0 Å². The second-order valence-electron chi connectivity index (χ2n) is 3.22. The van der Waals surface area contributed by atoms with Crippen molar-refractivity contribution in [2.75, 3.05) is 0 Å². The topological polar surface area (TPSA) is 57.5 Å². The molecule has 14 heavy (non-hydrogen) atoms. The molecule has 1 unspecified atom stereocenters. The summed E-state index contributed by atoms with van der Waals surface area (Å²) in [6, 6.07) is 8.75. The first-order valence-corrected chi connectivity index (χ1v) is 4.17. The highest BCUT2D eigenvalue weighted by atomic mass is 16.4. The minimum Gasteiger partial charge on any atom is -0.479 e. The van der Waals surface area contributed by atoms with Crippen molar-refractivity contribution in [2.24, 2.45) is 0 Å². The molecule has 0 bridgehead atoms. The lowest BCUT2D eigenvalue weighted by atomic mass is 9.91. The van der Waals surface area contributed by atoms with E-state index < -0.39 is 11.6 Å². The maximum Gasteiger partial charge on any atom is 0.340 e. The van der Waals surface area contributed by atoms with E-state index in [1.807, 2.05) is 6.07 Å². The number of hydrogen-bond acceptors (Lipinski definition) is 2. The van der Waals surface area contributed by atoms with Crippen LogP contribution in [0.25, 0.3) is 5.57 Å². The highest BCUT2D eigenvalue weighted by molar-refractivity contribution is 5.93. The normalized spacial score (nSPS) is 14.4. The van der Waals surface area contributed by atoms with Gasteiger partial charge in [-0.15, -0.1) is 0 Å². The van der Waals surface area contributed by atoms with Crippen molar-refractivity contribution in [3.63, 3.8) is 0 Å². The van der Waals surface area contributed by atoms with Gasteiger partial charge in [-0.3, -0.25) is 0 Å². The SMILES string of the molecule is C=C(c1ccccc1)C(C)(O)C(=O)O. The van der Waals surface area contributed by atoms with Gasteiger partial charge >= 0.3 is 5.97 Å². The van der Waals surface area contributed by atoms with Crippen LogP contribution >= 0.6 is 0 Å². The van der Waals surface area contributed by atoms with Crippen molar-refractivity contribution < 1.29 is 15.0 Å². The standard InChI is InChI=1S/C11H12O3/c1-8(11(2,14)10(12)13)9-6-4-3-5-7-9/h3-7,14H,1H2,2H3,(H,12,13). The van der Waals surface area contributed by atoms with E-state index in [0.29, 0.717) is 5.56 Å². The fourth-order valence-electron chi connectivity index (χ4n) is 1.05. The molecule has 1 rings (SSSR count). The lowest BCUT2D eigenvalue weighted by Crippen LogP contribution is -2.35. The van der Waals surface area contributed by atoms with Crippen molar-refractivity contribution in [1.29, 1.82) is 0 Å². The monoisotopic (exact) mass is 192 g/mol. The van der Waals surface area contributed by atoms with E-state index in [0.717, 1.165) is 0 Å². The van der Waals surface area contributed by atoms with Crippen LogP contribution < -0.4 is 0 Å². The van der Waals surface area contributed by atoms with Crippen LogP contribution in [0.4, 0.5) is 0 Å². The molecular formula is C11H12O3. The molecule has 2 N–H and O–H groups in total. The Labute approximate surface area is 82.3 Å². The van der Waals surface area contributed by atoms with Crippen LogP contribution in [-0.4, -0.2) is 21.8 Å². The molecule has 0 spiro atoms. The molecule has 3 heteroatoms. The third-order valence-corrected chi connectivity index (χ3v) is 2.13. The summed E-state index contributed by atoms with van der Waals surface area (Å²) in [5, 5.41) is 18.4. The van der Waals surface area contributed by atoms with Crippen LogP contribution in [0, 0.1) is 0 Å². The number of benzene rings is 1. The van der Waals surface area contributed by atoms with E-state index in [-0.39, 0.29) is 5.57 Å². The number of rotatable bonds is 3. The van der Waals surface area contributed by atoms with E-state index >= 15 is 0 Å². The Hall–Kier alpha value is -1.61. The number of carbonyl (C=O) groups is 1. The summed E-state index contributed by atoms with van der Waals surface area (Å²) < 4.78 is 0. The average molecular weight is 192 g/mol. The Balaban J connectivity index is 3.03. The lowest BCUT2D eigenvalue weighted by molar-refractivity contribution is -0.150. The summed E-state index contributed by atoms with van der Waals surface area (Å²) in [6.45, 7) is 4.80. The quantitative estimate of drug-likeness (QED) is 0.763. The van der Waals surface area contributed by atoms with Crippen LogP contribution in [0.5, 0.6) is 0 Å². The molecular weight excluding hydrogens is 180 g/mol. The van der Waals surface area contributed by atoms with Crippen LogP contribution in [0.15, 0.2) is 36.9 Å². The molecule has 0 saturated heterocycles. The summed E-state index contributed by atoms with van der Waals surface area (Å²) in [4.78, 5) is 10.7. The summed E-state index contributed by atoms with van der Waals surface area (Å²) in [6.07, 6.45) is 0. The molecule has 1 aromatic carbocycles. The van der Waals surface area contributed by atoms with E-state index in [4.69, 9.17) is 5.11 Å². The Bertz CT molecular complexity index is 352. The predicted octanol–water partition coefficient (Wildman–Crippen LogP) is 1.54. The van der Waals surface area contributed by atoms with Gasteiger partial charge in [-0.1, -0.05) is 36.9 Å². The van der Waals surface area contributed by atoms with Gasteiger partial charge in [0.15, 0.2) is 5.60 Å². The molecule has 1 atom stereocenters. The van der Waals surface area contributed by atoms with E-state index in [1.54, 1.807) is 24.3 Å². The predicted molar refractivity (Wildman–Crippen MR) is 53.7 cm³/mol. The number of hydrogen-bond donors (Lipinski definition) is 2. The second kappa shape index (κ2) is 3.64. The molecule has 0 heterocycles. The van der Waals surface area contributed by atoms with Crippen LogP contribution in [0.2, 0.25) is 0 Å². The van der Waals surface area contributed by atoms with Crippen LogP contribution in [0.1, 0.15) is 12.5 Å². The maximum atomic E-state index is 10.7. The third kappa shape index (κ3) is 1.83. The number of aliphatic hydroxyl groups is 1. The van der Waals surface area contributed by atoms with Gasteiger partial charge in [-0.05, 0) is 18.1 Å². The second-order valence-corrected chi connectivity index (χ2v) is 3.22. The zero-order valence-corrected chi connectivity index (χ0v) is 7.90. The molecule has 1 aromatic rings. The zero-order valence-electron chi connectivity index (χ0n) is 7.90. The first-order valence-electron chi connectivity index (χ1n) is 4.17. The first kappa shape index (κ1) is 10.5. The fourth-order valence-corrected chi connectivity index (χ4v) is 1.05. The molecule has 74 valence electrons. The number of carboxylic acid groups (broad SMARTS) is 1. The van der Waals surface area contributed by atoms with Gasteiger partial charge in [-0.25, -0.2) is 4.79 Å². The van der Waals surface area contributed by atoms with Gasteiger partial charge in [0.25, 0.3) is 0 Å². The molecule has 0 saturated carbocycles. The average Bonchev–Trinajstić information content (AvgIpc) is 2.17. The molecule has 0 aliphatic rings. The largest absolute Gasteiger partial charge is 0.479 e. The van der Waals surface area contributed by atoms with Crippen molar-refractivity contribution >= 4 is 11.5 Å². The summed E-state index contributed by atoms with van der Waals surface area (Å²) in [5.74, 6) is -1.30. The van der Waals surface area contributed by atoms with Gasteiger partial charge in [0, 0.05) is 0 Å². The molecule has 0 aliphatic carbocycles. The Morgan fingerprint density at radius 1 is 1.36 bits per heavy atom. The van der Waals surface area contributed by atoms with E-state index in [2.05, 4.69) is 6.58 Å². The number of carboxylic acids is 1. The Morgan fingerprint density at radius 3 is 2.29 bits per heavy atom. The highest BCUT2D eigenvalue weighted by Gasteiger charge is 2.33. The fraction of sp³-hybridized carbons (Fsp3) is 0.182. The van der Waals surface area contributed by atoms with E-state index in [1.165, 1.54) is 6.92 Å². The Morgan fingerprint density at radius 2 is 1.86 bits per heavy atom. The van der Waals surface area contributed by atoms with Crippen LogP contribution in [-0.2, 0) is 4.79 Å². The van der Waals surface area contributed by atoms with Gasteiger partial charge in [0.1, 0.15) is 0 Å². The lowest BCUT2D eigenvalue weighted by Gasteiger charge is -2.20. The van der Waals surface area contributed by atoms with Gasteiger partial charge in [0.05, 0.1) is 0 Å². The van der Waals surface area contributed by atoms with Crippen molar-refractivity contribution in [3.8, 4) is 0 Å². The third-order valence-electron chi connectivity index (χ3n) is 2.13. The van der Waals surface area contributed by atoms with Gasteiger partial charge < -0.3 is 10.2 Å². The van der Waals surface area contributed by atoms with Crippen molar-refractivity contribution in [1.82, 2.24) is 0 Å². The number of aliphatic carboxylic acids is 1. The van der Waals surface area contributed by atoms with Crippen molar-refractivity contribution in [3.05, 3.63) is 42.5 Å².